The Labute approximate surface area is 147 Å². The molecule has 1 N–H and O–H groups in total. The van der Waals surface area contributed by atoms with E-state index in [0.29, 0.717) is 11.3 Å². The Balaban J connectivity index is 1.58. The minimum atomic E-state index is -0.436. The lowest BCUT2D eigenvalue weighted by Gasteiger charge is -2.26. The standard InChI is InChI=1S/C20H21NO4/c1-24-20(23)15-8-4-9-16(12-15)25-13-19(22)21-18-11-5-7-14-6-2-3-10-17(14)18/h2-4,6,8-10,12,18H,5,7,11,13H2,1H3,(H,21,22)/t18-/m1/s1. The first-order valence-corrected chi connectivity index (χ1v) is 8.35. The highest BCUT2D eigenvalue weighted by molar-refractivity contribution is 5.89. The van der Waals surface area contributed by atoms with Crippen LogP contribution in [0.3, 0.4) is 0 Å². The van der Waals surface area contributed by atoms with Gasteiger partial charge in [-0.3, -0.25) is 4.79 Å². The van der Waals surface area contributed by atoms with E-state index >= 15 is 0 Å². The summed E-state index contributed by atoms with van der Waals surface area (Å²) >= 11 is 0. The number of hydrogen-bond donors (Lipinski definition) is 1. The smallest absolute Gasteiger partial charge is 0.337 e. The number of benzene rings is 2. The van der Waals surface area contributed by atoms with E-state index in [1.165, 1.54) is 18.2 Å². The zero-order valence-corrected chi connectivity index (χ0v) is 14.2. The number of esters is 1. The maximum Gasteiger partial charge on any atom is 0.337 e. The molecule has 1 atom stereocenters. The maximum absolute atomic E-state index is 12.2. The van der Waals surface area contributed by atoms with Crippen molar-refractivity contribution in [1.82, 2.24) is 5.32 Å². The van der Waals surface area contributed by atoms with Gasteiger partial charge in [0, 0.05) is 0 Å². The zero-order chi connectivity index (χ0) is 17.6. The second kappa shape index (κ2) is 7.83. The summed E-state index contributed by atoms with van der Waals surface area (Å²) in [7, 11) is 1.32. The lowest BCUT2D eigenvalue weighted by molar-refractivity contribution is -0.123. The third-order valence-corrected chi connectivity index (χ3v) is 4.33. The summed E-state index contributed by atoms with van der Waals surface area (Å²) in [5.74, 6) is -0.152. The molecule has 5 heteroatoms. The Morgan fingerprint density at radius 1 is 1.16 bits per heavy atom. The molecule has 0 saturated heterocycles. The lowest BCUT2D eigenvalue weighted by Crippen LogP contribution is -2.34. The van der Waals surface area contributed by atoms with Crippen LogP contribution in [0.15, 0.2) is 48.5 Å². The van der Waals surface area contributed by atoms with Gasteiger partial charge in [-0.2, -0.15) is 0 Å². The average Bonchev–Trinajstić information content (AvgIpc) is 2.66. The monoisotopic (exact) mass is 339 g/mol. The molecule has 0 heterocycles. The number of methoxy groups -OCH3 is 1. The highest BCUT2D eigenvalue weighted by Gasteiger charge is 2.21. The van der Waals surface area contributed by atoms with E-state index in [9.17, 15) is 9.59 Å². The van der Waals surface area contributed by atoms with E-state index in [4.69, 9.17) is 4.74 Å². The molecule has 0 saturated carbocycles. The molecule has 0 spiro atoms. The van der Waals surface area contributed by atoms with Crippen LogP contribution in [0.25, 0.3) is 0 Å². The van der Waals surface area contributed by atoms with Crippen molar-refractivity contribution < 1.29 is 19.1 Å². The van der Waals surface area contributed by atoms with Crippen molar-refractivity contribution in [3.8, 4) is 5.75 Å². The molecular weight excluding hydrogens is 318 g/mol. The molecule has 1 amide bonds. The Morgan fingerprint density at radius 2 is 2.00 bits per heavy atom. The summed E-state index contributed by atoms with van der Waals surface area (Å²) in [5, 5.41) is 3.04. The number of rotatable bonds is 5. The summed E-state index contributed by atoms with van der Waals surface area (Å²) in [5.41, 5.74) is 2.88. The summed E-state index contributed by atoms with van der Waals surface area (Å²) in [6.45, 7) is -0.0940. The van der Waals surface area contributed by atoms with Gasteiger partial charge in [-0.25, -0.2) is 4.79 Å². The SMILES string of the molecule is COC(=O)c1cccc(OCC(=O)N[C@@H]2CCCc3ccccc32)c1. The molecule has 0 fully saturated rings. The van der Waals surface area contributed by atoms with E-state index in [-0.39, 0.29) is 18.6 Å². The third kappa shape index (κ3) is 4.18. The summed E-state index contributed by atoms with van der Waals surface area (Å²) < 4.78 is 10.2. The molecule has 2 aromatic rings. The maximum atomic E-state index is 12.2. The van der Waals surface area contributed by atoms with E-state index in [2.05, 4.69) is 22.2 Å². The van der Waals surface area contributed by atoms with Crippen LogP contribution in [0.1, 0.15) is 40.4 Å². The Hall–Kier alpha value is -2.82. The molecule has 0 radical (unpaired) electrons. The number of amides is 1. The first-order valence-electron chi connectivity index (χ1n) is 8.35. The topological polar surface area (TPSA) is 64.6 Å². The number of nitrogens with one attached hydrogen (secondary N) is 1. The fourth-order valence-electron chi connectivity index (χ4n) is 3.12. The molecule has 2 aromatic carbocycles. The van der Waals surface area contributed by atoms with Crippen molar-refractivity contribution in [1.29, 1.82) is 0 Å². The van der Waals surface area contributed by atoms with Gasteiger partial charge in [-0.05, 0) is 48.6 Å². The van der Waals surface area contributed by atoms with Crippen LogP contribution in [-0.4, -0.2) is 25.6 Å². The van der Waals surface area contributed by atoms with E-state index in [1.807, 2.05) is 12.1 Å². The van der Waals surface area contributed by atoms with Gasteiger partial charge in [0.15, 0.2) is 6.61 Å². The van der Waals surface area contributed by atoms with Gasteiger partial charge in [0.25, 0.3) is 5.91 Å². The van der Waals surface area contributed by atoms with E-state index < -0.39 is 5.97 Å². The summed E-state index contributed by atoms with van der Waals surface area (Å²) in [6, 6.07) is 14.8. The minimum absolute atomic E-state index is 0.0300. The number of aryl methyl sites for hydroxylation is 1. The number of hydrogen-bond acceptors (Lipinski definition) is 4. The summed E-state index contributed by atoms with van der Waals surface area (Å²) in [6.07, 6.45) is 3.05. The van der Waals surface area contributed by atoms with Crippen molar-refractivity contribution in [2.75, 3.05) is 13.7 Å². The number of carbonyl (C=O) groups excluding carboxylic acids is 2. The molecule has 130 valence electrons. The first kappa shape index (κ1) is 17.0. The fourth-order valence-corrected chi connectivity index (χ4v) is 3.12. The molecule has 25 heavy (non-hydrogen) atoms. The summed E-state index contributed by atoms with van der Waals surface area (Å²) in [4.78, 5) is 23.8. The lowest BCUT2D eigenvalue weighted by atomic mass is 9.88. The molecule has 3 rings (SSSR count). The van der Waals surface area contributed by atoms with E-state index in [1.54, 1.807) is 24.3 Å². The minimum Gasteiger partial charge on any atom is -0.484 e. The van der Waals surface area contributed by atoms with Crippen LogP contribution >= 0.6 is 0 Å². The molecular formula is C20H21NO4. The molecule has 1 aliphatic carbocycles. The van der Waals surface area contributed by atoms with Crippen LogP contribution < -0.4 is 10.1 Å². The largest absolute Gasteiger partial charge is 0.484 e. The fraction of sp³-hybridized carbons (Fsp3) is 0.300. The van der Waals surface area contributed by atoms with Gasteiger partial charge in [-0.15, -0.1) is 0 Å². The van der Waals surface area contributed by atoms with Gasteiger partial charge >= 0.3 is 5.97 Å². The number of ether oxygens (including phenoxy) is 2. The third-order valence-electron chi connectivity index (χ3n) is 4.33. The first-order chi connectivity index (χ1) is 12.2. The van der Waals surface area contributed by atoms with Crippen molar-refractivity contribution in [2.45, 2.75) is 25.3 Å². The molecule has 0 unspecified atom stereocenters. The van der Waals surface area contributed by atoms with Crippen LogP contribution in [0.4, 0.5) is 0 Å². The predicted molar refractivity (Wildman–Crippen MR) is 93.5 cm³/mol. The second-order valence-electron chi connectivity index (χ2n) is 6.02. The second-order valence-corrected chi connectivity index (χ2v) is 6.02. The highest BCUT2D eigenvalue weighted by atomic mass is 16.5. The van der Waals surface area contributed by atoms with Gasteiger partial charge in [-0.1, -0.05) is 30.3 Å². The van der Waals surface area contributed by atoms with Crippen molar-refractivity contribution in [3.63, 3.8) is 0 Å². The van der Waals surface area contributed by atoms with Crippen LogP contribution in [-0.2, 0) is 16.0 Å². The Morgan fingerprint density at radius 3 is 2.84 bits per heavy atom. The predicted octanol–water partition coefficient (Wildman–Crippen LogP) is 3.05. The average molecular weight is 339 g/mol. The Kier molecular flexibility index (Phi) is 5.33. The van der Waals surface area contributed by atoms with Gasteiger partial charge < -0.3 is 14.8 Å². The van der Waals surface area contributed by atoms with Crippen molar-refractivity contribution >= 4 is 11.9 Å². The quantitative estimate of drug-likeness (QED) is 0.851. The van der Waals surface area contributed by atoms with Gasteiger partial charge in [0.1, 0.15) is 5.75 Å². The van der Waals surface area contributed by atoms with Crippen LogP contribution in [0.2, 0.25) is 0 Å². The van der Waals surface area contributed by atoms with E-state index in [0.717, 1.165) is 19.3 Å². The Bertz CT molecular complexity index is 772. The molecule has 5 nitrogen and oxygen atoms in total. The number of carbonyl (C=O) groups is 2. The highest BCUT2D eigenvalue weighted by Crippen LogP contribution is 2.29. The zero-order valence-electron chi connectivity index (χ0n) is 14.2. The number of fused-ring (bicyclic) bond motifs is 1. The van der Waals surface area contributed by atoms with Crippen molar-refractivity contribution in [3.05, 3.63) is 65.2 Å². The normalized spacial score (nSPS) is 15.8. The van der Waals surface area contributed by atoms with Gasteiger partial charge in [0.05, 0.1) is 18.7 Å². The van der Waals surface area contributed by atoms with Crippen molar-refractivity contribution in [2.24, 2.45) is 0 Å². The van der Waals surface area contributed by atoms with Crippen LogP contribution in [0, 0.1) is 0 Å². The van der Waals surface area contributed by atoms with Crippen LogP contribution in [0.5, 0.6) is 5.75 Å². The molecule has 1 aliphatic rings. The molecule has 0 aliphatic heterocycles. The van der Waals surface area contributed by atoms with Gasteiger partial charge in [0.2, 0.25) is 0 Å². The molecule has 0 bridgehead atoms. The molecule has 0 aromatic heterocycles.